The van der Waals surface area contributed by atoms with Crippen molar-refractivity contribution in [3.63, 3.8) is 0 Å². The van der Waals surface area contributed by atoms with E-state index >= 15 is 0 Å². The molecule has 0 fully saturated rings. The third-order valence-electron chi connectivity index (χ3n) is 4.89. The average Bonchev–Trinajstić information content (AvgIpc) is 2.90. The molecule has 26 heavy (non-hydrogen) atoms. The van der Waals surface area contributed by atoms with Gasteiger partial charge in [0.25, 0.3) is 0 Å². The number of nitrogens with zero attached hydrogens (tertiary/aromatic N) is 2. The number of nitrogens with one attached hydrogen (secondary N) is 1. The summed E-state index contributed by atoms with van der Waals surface area (Å²) in [5.41, 5.74) is 6.75. The first kappa shape index (κ1) is 18.4. The Balaban J connectivity index is 1.62. The summed E-state index contributed by atoms with van der Waals surface area (Å²) in [5.74, 6) is 0. The minimum absolute atomic E-state index is 0.504. The molecule has 4 heteroatoms. The van der Waals surface area contributed by atoms with Crippen molar-refractivity contribution in [3.05, 3.63) is 88.2 Å². The molecule has 0 radical (unpaired) electrons. The highest BCUT2D eigenvalue weighted by atomic mass is 16.3. The molecule has 2 aromatic carbocycles. The van der Waals surface area contributed by atoms with Gasteiger partial charge < -0.3 is 10.4 Å². The van der Waals surface area contributed by atoms with E-state index in [9.17, 15) is 5.11 Å². The zero-order chi connectivity index (χ0) is 18.5. The summed E-state index contributed by atoms with van der Waals surface area (Å²) < 4.78 is 2.06. The van der Waals surface area contributed by atoms with Gasteiger partial charge in [-0.3, -0.25) is 4.68 Å². The maximum Gasteiger partial charge on any atom is 0.0917 e. The molecule has 0 aliphatic rings. The first-order chi connectivity index (χ1) is 12.6. The van der Waals surface area contributed by atoms with Crippen molar-refractivity contribution in [1.29, 1.82) is 0 Å². The van der Waals surface area contributed by atoms with E-state index in [0.29, 0.717) is 13.1 Å². The second kappa shape index (κ2) is 8.30. The van der Waals surface area contributed by atoms with E-state index in [2.05, 4.69) is 46.3 Å². The van der Waals surface area contributed by atoms with Gasteiger partial charge in [0.15, 0.2) is 0 Å². The molecule has 3 rings (SSSR count). The van der Waals surface area contributed by atoms with E-state index < -0.39 is 6.10 Å². The Hall–Kier alpha value is -2.43. The van der Waals surface area contributed by atoms with Gasteiger partial charge in [-0.15, -0.1) is 0 Å². The number of aliphatic hydroxyl groups excluding tert-OH is 1. The standard InChI is InChI=1S/C22H27N3O/c1-16-9-7-8-12-20(16)22(26)14-23-13-21-17(2)24-25(18(21)3)15-19-10-5-4-6-11-19/h4-12,22-23,26H,13-15H2,1-3H3. The van der Waals surface area contributed by atoms with Crippen LogP contribution in [0.1, 0.15) is 39.7 Å². The van der Waals surface area contributed by atoms with Crippen LogP contribution in [0.3, 0.4) is 0 Å². The van der Waals surface area contributed by atoms with Crippen molar-refractivity contribution in [3.8, 4) is 0 Å². The molecule has 0 spiro atoms. The van der Waals surface area contributed by atoms with Crippen LogP contribution in [0.15, 0.2) is 54.6 Å². The molecule has 4 nitrogen and oxygen atoms in total. The highest BCUT2D eigenvalue weighted by Crippen LogP contribution is 2.18. The highest BCUT2D eigenvalue weighted by Gasteiger charge is 2.13. The quantitative estimate of drug-likeness (QED) is 0.684. The molecule has 0 amide bonds. The van der Waals surface area contributed by atoms with Crippen molar-refractivity contribution >= 4 is 0 Å². The van der Waals surface area contributed by atoms with Gasteiger partial charge in [-0.05, 0) is 37.5 Å². The molecular formula is C22H27N3O. The van der Waals surface area contributed by atoms with Crippen LogP contribution >= 0.6 is 0 Å². The lowest BCUT2D eigenvalue weighted by Crippen LogP contribution is -2.22. The molecule has 1 atom stereocenters. The fraction of sp³-hybridized carbons (Fsp3) is 0.318. The molecule has 0 aliphatic carbocycles. The Bertz CT molecular complexity index is 855. The van der Waals surface area contributed by atoms with Crippen LogP contribution in [0, 0.1) is 20.8 Å². The molecule has 0 bridgehead atoms. The van der Waals surface area contributed by atoms with Crippen LogP contribution in [-0.4, -0.2) is 21.4 Å². The minimum atomic E-state index is -0.504. The summed E-state index contributed by atoms with van der Waals surface area (Å²) in [6.45, 7) is 8.18. The first-order valence-corrected chi connectivity index (χ1v) is 9.07. The largest absolute Gasteiger partial charge is 0.387 e. The topological polar surface area (TPSA) is 50.1 Å². The highest BCUT2D eigenvalue weighted by molar-refractivity contribution is 5.28. The minimum Gasteiger partial charge on any atom is -0.387 e. The molecule has 136 valence electrons. The van der Waals surface area contributed by atoms with Crippen LogP contribution in [0.25, 0.3) is 0 Å². The van der Waals surface area contributed by atoms with Crippen LogP contribution in [0.2, 0.25) is 0 Å². The predicted octanol–water partition coefficient (Wildman–Crippen LogP) is 3.68. The summed E-state index contributed by atoms with van der Waals surface area (Å²) in [6.07, 6.45) is -0.504. The van der Waals surface area contributed by atoms with Gasteiger partial charge in [-0.25, -0.2) is 0 Å². The van der Waals surface area contributed by atoms with Crippen LogP contribution in [-0.2, 0) is 13.1 Å². The molecule has 1 aromatic heterocycles. The fourth-order valence-electron chi connectivity index (χ4n) is 3.30. The van der Waals surface area contributed by atoms with Crippen LogP contribution in [0.4, 0.5) is 0 Å². The lowest BCUT2D eigenvalue weighted by Gasteiger charge is -2.14. The summed E-state index contributed by atoms with van der Waals surface area (Å²) in [4.78, 5) is 0. The summed E-state index contributed by atoms with van der Waals surface area (Å²) >= 11 is 0. The SMILES string of the molecule is Cc1ccccc1C(O)CNCc1c(C)nn(Cc2ccccc2)c1C. The molecule has 0 saturated carbocycles. The molecule has 1 heterocycles. The van der Waals surface area contributed by atoms with Crippen molar-refractivity contribution in [2.75, 3.05) is 6.54 Å². The zero-order valence-corrected chi connectivity index (χ0v) is 15.7. The van der Waals surface area contributed by atoms with Gasteiger partial charge in [0.1, 0.15) is 0 Å². The summed E-state index contributed by atoms with van der Waals surface area (Å²) in [5, 5.41) is 18.5. The van der Waals surface area contributed by atoms with Crippen molar-refractivity contribution in [2.24, 2.45) is 0 Å². The monoisotopic (exact) mass is 349 g/mol. The third-order valence-corrected chi connectivity index (χ3v) is 4.89. The second-order valence-electron chi connectivity index (χ2n) is 6.80. The van der Waals surface area contributed by atoms with Gasteiger partial charge in [0, 0.05) is 24.3 Å². The lowest BCUT2D eigenvalue weighted by molar-refractivity contribution is 0.173. The van der Waals surface area contributed by atoms with Crippen LogP contribution < -0.4 is 5.32 Å². The third kappa shape index (κ3) is 4.21. The summed E-state index contributed by atoms with van der Waals surface area (Å²) in [6, 6.07) is 18.3. The fourth-order valence-corrected chi connectivity index (χ4v) is 3.30. The normalized spacial score (nSPS) is 12.3. The number of aryl methyl sites for hydroxylation is 2. The first-order valence-electron chi connectivity index (χ1n) is 9.07. The Kier molecular flexibility index (Phi) is 5.86. The summed E-state index contributed by atoms with van der Waals surface area (Å²) in [7, 11) is 0. The number of benzene rings is 2. The number of aliphatic hydroxyl groups is 1. The number of rotatable bonds is 7. The maximum atomic E-state index is 10.4. The van der Waals surface area contributed by atoms with Gasteiger partial charge in [0.2, 0.25) is 0 Å². The molecule has 0 saturated heterocycles. The number of aromatic nitrogens is 2. The maximum absolute atomic E-state index is 10.4. The second-order valence-corrected chi connectivity index (χ2v) is 6.80. The lowest BCUT2D eigenvalue weighted by atomic mass is 10.0. The zero-order valence-electron chi connectivity index (χ0n) is 15.7. The Labute approximate surface area is 155 Å². The van der Waals surface area contributed by atoms with Gasteiger partial charge in [-0.2, -0.15) is 5.10 Å². The van der Waals surface area contributed by atoms with E-state index in [4.69, 9.17) is 0 Å². The molecule has 2 N–H and O–H groups in total. The Morgan fingerprint density at radius 2 is 1.69 bits per heavy atom. The van der Waals surface area contributed by atoms with Gasteiger partial charge >= 0.3 is 0 Å². The number of hydrogen-bond donors (Lipinski definition) is 2. The van der Waals surface area contributed by atoms with Crippen molar-refractivity contribution in [1.82, 2.24) is 15.1 Å². The Morgan fingerprint density at radius 3 is 2.42 bits per heavy atom. The smallest absolute Gasteiger partial charge is 0.0917 e. The van der Waals surface area contributed by atoms with E-state index in [1.807, 2.05) is 44.2 Å². The molecule has 0 aliphatic heterocycles. The van der Waals surface area contributed by atoms with Gasteiger partial charge in [0.05, 0.1) is 18.3 Å². The predicted molar refractivity (Wildman–Crippen MR) is 105 cm³/mol. The van der Waals surface area contributed by atoms with E-state index in [1.54, 1.807) is 0 Å². The van der Waals surface area contributed by atoms with Crippen LogP contribution in [0.5, 0.6) is 0 Å². The van der Waals surface area contributed by atoms with Gasteiger partial charge in [-0.1, -0.05) is 54.6 Å². The number of hydrogen-bond acceptors (Lipinski definition) is 3. The molecule has 3 aromatic rings. The van der Waals surface area contributed by atoms with E-state index in [0.717, 1.165) is 23.4 Å². The Morgan fingerprint density at radius 1 is 1.00 bits per heavy atom. The van der Waals surface area contributed by atoms with Crippen molar-refractivity contribution in [2.45, 2.75) is 40.0 Å². The average molecular weight is 349 g/mol. The molecular weight excluding hydrogens is 322 g/mol. The van der Waals surface area contributed by atoms with E-state index in [-0.39, 0.29) is 0 Å². The van der Waals surface area contributed by atoms with Crippen molar-refractivity contribution < 1.29 is 5.11 Å². The molecule has 1 unspecified atom stereocenters. The van der Waals surface area contributed by atoms with E-state index in [1.165, 1.54) is 16.8 Å².